The standard InChI is InChI=1S/C23H19NO5/c1-24-13-17-12-19(14-4-6-16(7-5-14)23(26)28-3)29-21(17)20(22(24)25)15-8-10-18(27-2)11-9-15/h4-13H,1-3H3. The molecule has 0 amide bonds. The summed E-state index contributed by atoms with van der Waals surface area (Å²) in [6, 6.07) is 16.1. The molecule has 4 rings (SSSR count). The molecule has 2 aromatic carbocycles. The highest BCUT2D eigenvalue weighted by Crippen LogP contribution is 2.33. The van der Waals surface area contributed by atoms with Crippen LogP contribution in [0.1, 0.15) is 10.4 Å². The van der Waals surface area contributed by atoms with Gasteiger partial charge in [-0.1, -0.05) is 24.3 Å². The lowest BCUT2D eigenvalue weighted by atomic mass is 10.1. The number of esters is 1. The Kier molecular flexibility index (Phi) is 4.68. The van der Waals surface area contributed by atoms with E-state index in [1.807, 2.05) is 30.3 Å². The Hall–Kier alpha value is -3.80. The van der Waals surface area contributed by atoms with E-state index in [1.165, 1.54) is 7.11 Å². The van der Waals surface area contributed by atoms with E-state index in [0.29, 0.717) is 28.2 Å². The smallest absolute Gasteiger partial charge is 0.337 e. The molecule has 4 aromatic rings. The third-order valence-corrected chi connectivity index (χ3v) is 4.82. The highest BCUT2D eigenvalue weighted by Gasteiger charge is 2.17. The average molecular weight is 389 g/mol. The molecule has 0 radical (unpaired) electrons. The van der Waals surface area contributed by atoms with Crippen LogP contribution in [0.2, 0.25) is 0 Å². The normalized spacial score (nSPS) is 10.9. The van der Waals surface area contributed by atoms with Crippen LogP contribution >= 0.6 is 0 Å². The van der Waals surface area contributed by atoms with Gasteiger partial charge in [0.25, 0.3) is 5.56 Å². The first kappa shape index (κ1) is 18.6. The minimum absolute atomic E-state index is 0.149. The van der Waals surface area contributed by atoms with E-state index >= 15 is 0 Å². The van der Waals surface area contributed by atoms with Gasteiger partial charge in [0.15, 0.2) is 0 Å². The number of carbonyl (C=O) groups excluding carboxylic acids is 1. The largest absolute Gasteiger partial charge is 0.497 e. The first-order valence-electron chi connectivity index (χ1n) is 8.98. The molecule has 6 heteroatoms. The second-order valence-corrected chi connectivity index (χ2v) is 6.61. The molecule has 2 aromatic heterocycles. The molecule has 0 fully saturated rings. The number of methoxy groups -OCH3 is 2. The fraction of sp³-hybridized carbons (Fsp3) is 0.130. The lowest BCUT2D eigenvalue weighted by Crippen LogP contribution is -2.17. The third kappa shape index (κ3) is 3.29. The number of nitrogens with zero attached hydrogens (tertiary/aromatic N) is 1. The van der Waals surface area contributed by atoms with Gasteiger partial charge in [0.1, 0.15) is 17.1 Å². The maximum absolute atomic E-state index is 12.9. The Morgan fingerprint density at radius 3 is 2.24 bits per heavy atom. The van der Waals surface area contributed by atoms with Gasteiger partial charge in [-0.2, -0.15) is 0 Å². The SMILES string of the molecule is COC(=O)c1ccc(-c2cc3cn(C)c(=O)c(-c4ccc(OC)cc4)c3o2)cc1. The quantitative estimate of drug-likeness (QED) is 0.488. The Bertz CT molecular complexity index is 1250. The van der Waals surface area contributed by atoms with Crippen molar-refractivity contribution in [3.8, 4) is 28.2 Å². The summed E-state index contributed by atoms with van der Waals surface area (Å²) in [5, 5.41) is 0.810. The van der Waals surface area contributed by atoms with Crippen LogP contribution in [0.4, 0.5) is 0 Å². The highest BCUT2D eigenvalue weighted by molar-refractivity contribution is 5.94. The van der Waals surface area contributed by atoms with E-state index in [0.717, 1.165) is 16.5 Å². The van der Waals surface area contributed by atoms with E-state index in [4.69, 9.17) is 13.9 Å². The summed E-state index contributed by atoms with van der Waals surface area (Å²) in [6.45, 7) is 0. The molecule has 0 aliphatic carbocycles. The summed E-state index contributed by atoms with van der Waals surface area (Å²) >= 11 is 0. The number of hydrogen-bond acceptors (Lipinski definition) is 5. The number of rotatable bonds is 4. The summed E-state index contributed by atoms with van der Waals surface area (Å²) < 4.78 is 17.6. The van der Waals surface area contributed by atoms with Crippen LogP contribution in [0.15, 0.2) is 70.0 Å². The van der Waals surface area contributed by atoms with Gasteiger partial charge < -0.3 is 18.5 Å². The van der Waals surface area contributed by atoms with E-state index in [-0.39, 0.29) is 5.56 Å². The van der Waals surface area contributed by atoms with Crippen molar-refractivity contribution in [2.24, 2.45) is 7.05 Å². The molecule has 0 unspecified atom stereocenters. The van der Waals surface area contributed by atoms with Gasteiger partial charge in [-0.05, 0) is 35.9 Å². The number of ether oxygens (including phenoxy) is 2. The fourth-order valence-corrected chi connectivity index (χ4v) is 3.28. The number of benzene rings is 2. The predicted molar refractivity (Wildman–Crippen MR) is 110 cm³/mol. The molecule has 0 saturated carbocycles. The number of furan rings is 1. The van der Waals surface area contributed by atoms with Crippen LogP contribution in [0.3, 0.4) is 0 Å². The summed E-state index contributed by atoms with van der Waals surface area (Å²) in [5.74, 6) is 0.923. The lowest BCUT2D eigenvalue weighted by molar-refractivity contribution is 0.0600. The van der Waals surface area contributed by atoms with Crippen LogP contribution in [0.25, 0.3) is 33.4 Å². The molecule has 0 atom stereocenters. The van der Waals surface area contributed by atoms with E-state index in [2.05, 4.69) is 0 Å². The number of aryl methyl sites for hydroxylation is 1. The molecule has 2 heterocycles. The lowest BCUT2D eigenvalue weighted by Gasteiger charge is -2.06. The van der Waals surface area contributed by atoms with Gasteiger partial charge in [0.05, 0.1) is 25.3 Å². The first-order valence-corrected chi connectivity index (χ1v) is 8.98. The van der Waals surface area contributed by atoms with Gasteiger partial charge in [0, 0.05) is 24.2 Å². The monoisotopic (exact) mass is 389 g/mol. The molecule has 6 nitrogen and oxygen atoms in total. The third-order valence-electron chi connectivity index (χ3n) is 4.82. The molecule has 0 aliphatic heterocycles. The molecule has 0 bridgehead atoms. The van der Waals surface area contributed by atoms with E-state index in [1.54, 1.807) is 49.2 Å². The van der Waals surface area contributed by atoms with Crippen LogP contribution < -0.4 is 10.3 Å². The molecule has 0 spiro atoms. The fourth-order valence-electron chi connectivity index (χ4n) is 3.28. The van der Waals surface area contributed by atoms with Gasteiger partial charge in [0.2, 0.25) is 0 Å². The van der Waals surface area contributed by atoms with Crippen LogP contribution in [-0.4, -0.2) is 24.8 Å². The Balaban J connectivity index is 1.85. The minimum Gasteiger partial charge on any atom is -0.497 e. The van der Waals surface area contributed by atoms with Gasteiger partial charge in [-0.15, -0.1) is 0 Å². The van der Waals surface area contributed by atoms with Crippen molar-refractivity contribution in [1.29, 1.82) is 0 Å². The number of pyridine rings is 1. The number of fused-ring (bicyclic) bond motifs is 1. The second kappa shape index (κ2) is 7.31. The molecule has 0 N–H and O–H groups in total. The summed E-state index contributed by atoms with van der Waals surface area (Å²) in [4.78, 5) is 24.5. The predicted octanol–water partition coefficient (Wildman–Crippen LogP) is 4.26. The zero-order valence-electron chi connectivity index (χ0n) is 16.3. The second-order valence-electron chi connectivity index (χ2n) is 6.61. The highest BCUT2D eigenvalue weighted by atomic mass is 16.5. The summed E-state index contributed by atoms with van der Waals surface area (Å²) in [5.41, 5.74) is 2.86. The van der Waals surface area contributed by atoms with Crippen molar-refractivity contribution in [2.45, 2.75) is 0 Å². The Morgan fingerprint density at radius 2 is 1.62 bits per heavy atom. The van der Waals surface area contributed by atoms with E-state index in [9.17, 15) is 9.59 Å². The molecule has 146 valence electrons. The molecular weight excluding hydrogens is 370 g/mol. The molecule has 0 saturated heterocycles. The maximum Gasteiger partial charge on any atom is 0.337 e. The van der Waals surface area contributed by atoms with Crippen molar-refractivity contribution < 1.29 is 18.7 Å². The minimum atomic E-state index is -0.397. The number of carbonyl (C=O) groups is 1. The number of hydrogen-bond donors (Lipinski definition) is 0. The van der Waals surface area contributed by atoms with Gasteiger partial charge in [-0.3, -0.25) is 4.79 Å². The summed E-state index contributed by atoms with van der Waals surface area (Å²) in [6.07, 6.45) is 1.75. The Morgan fingerprint density at radius 1 is 0.966 bits per heavy atom. The zero-order chi connectivity index (χ0) is 20.5. The first-order chi connectivity index (χ1) is 14.0. The van der Waals surface area contributed by atoms with Crippen molar-refractivity contribution in [1.82, 2.24) is 4.57 Å². The molecule has 0 aliphatic rings. The van der Waals surface area contributed by atoms with E-state index < -0.39 is 5.97 Å². The zero-order valence-corrected chi connectivity index (χ0v) is 16.3. The van der Waals surface area contributed by atoms with Gasteiger partial charge >= 0.3 is 5.97 Å². The van der Waals surface area contributed by atoms with Crippen LogP contribution in [0, 0.1) is 0 Å². The molecular formula is C23H19NO5. The number of aromatic nitrogens is 1. The van der Waals surface area contributed by atoms with Crippen molar-refractivity contribution in [3.63, 3.8) is 0 Å². The molecule has 29 heavy (non-hydrogen) atoms. The Labute approximate surface area is 166 Å². The summed E-state index contributed by atoms with van der Waals surface area (Å²) in [7, 11) is 4.66. The van der Waals surface area contributed by atoms with Crippen molar-refractivity contribution in [3.05, 3.63) is 76.7 Å². The maximum atomic E-state index is 12.9. The van der Waals surface area contributed by atoms with Crippen LogP contribution in [0.5, 0.6) is 5.75 Å². The van der Waals surface area contributed by atoms with Gasteiger partial charge in [-0.25, -0.2) is 4.79 Å². The van der Waals surface area contributed by atoms with Crippen LogP contribution in [-0.2, 0) is 11.8 Å². The van der Waals surface area contributed by atoms with Crippen molar-refractivity contribution >= 4 is 16.9 Å². The topological polar surface area (TPSA) is 70.7 Å². The van der Waals surface area contributed by atoms with Crippen molar-refractivity contribution in [2.75, 3.05) is 14.2 Å². The average Bonchev–Trinajstić information content (AvgIpc) is 3.17.